The van der Waals surface area contributed by atoms with Gasteiger partial charge >= 0.3 is 0 Å². The fourth-order valence-electron chi connectivity index (χ4n) is 2.95. The van der Waals surface area contributed by atoms with Crippen LogP contribution >= 0.6 is 0 Å². The Morgan fingerprint density at radius 3 is 2.67 bits per heavy atom. The lowest BCUT2D eigenvalue weighted by Gasteiger charge is -2.20. The highest BCUT2D eigenvalue weighted by molar-refractivity contribution is 5.80. The molecular formula is C21H33N3O3. The molecule has 0 aromatic heterocycles. The third kappa shape index (κ3) is 6.79. The highest BCUT2D eigenvalue weighted by Crippen LogP contribution is 2.30. The summed E-state index contributed by atoms with van der Waals surface area (Å²) in [7, 11) is 1.79. The van der Waals surface area contributed by atoms with E-state index in [1.807, 2.05) is 26.0 Å². The van der Waals surface area contributed by atoms with Crippen molar-refractivity contribution in [2.45, 2.75) is 39.7 Å². The molecule has 0 saturated heterocycles. The standard InChI is InChI=1S/C21H33N3O3/c1-5-26-19-8-7-18(15-20(19)27-6-2)16(3)24-21(22-4)23-12-9-17-10-13-25-14-11-17/h7-8,10,15-16H,5-6,9,11-14H2,1-4H3,(H2,22,23,24). The van der Waals surface area contributed by atoms with E-state index in [9.17, 15) is 0 Å². The van der Waals surface area contributed by atoms with Gasteiger partial charge in [0.05, 0.1) is 32.5 Å². The van der Waals surface area contributed by atoms with E-state index in [0.29, 0.717) is 13.2 Å². The highest BCUT2D eigenvalue weighted by atomic mass is 16.5. The molecule has 0 radical (unpaired) electrons. The molecule has 1 unspecified atom stereocenters. The lowest BCUT2D eigenvalue weighted by Crippen LogP contribution is -2.39. The van der Waals surface area contributed by atoms with Gasteiger partial charge in [0.1, 0.15) is 0 Å². The molecule has 0 fully saturated rings. The maximum Gasteiger partial charge on any atom is 0.191 e. The van der Waals surface area contributed by atoms with Crippen LogP contribution in [0.15, 0.2) is 34.8 Å². The van der Waals surface area contributed by atoms with E-state index in [1.165, 1.54) is 5.57 Å². The molecular weight excluding hydrogens is 342 g/mol. The van der Waals surface area contributed by atoms with Gasteiger partial charge in [-0.05, 0) is 51.3 Å². The van der Waals surface area contributed by atoms with Gasteiger partial charge in [-0.3, -0.25) is 4.99 Å². The van der Waals surface area contributed by atoms with Gasteiger partial charge < -0.3 is 24.8 Å². The Morgan fingerprint density at radius 2 is 2.00 bits per heavy atom. The third-order valence-electron chi connectivity index (χ3n) is 4.44. The molecule has 2 rings (SSSR count). The van der Waals surface area contributed by atoms with Crippen molar-refractivity contribution in [2.75, 3.05) is 40.0 Å². The minimum absolute atomic E-state index is 0.0911. The number of benzene rings is 1. The number of ether oxygens (including phenoxy) is 3. The summed E-state index contributed by atoms with van der Waals surface area (Å²) in [5.41, 5.74) is 2.57. The summed E-state index contributed by atoms with van der Waals surface area (Å²) >= 11 is 0. The lowest BCUT2D eigenvalue weighted by molar-refractivity contribution is 0.153. The molecule has 2 N–H and O–H groups in total. The Kier molecular flexibility index (Phi) is 8.98. The van der Waals surface area contributed by atoms with Crippen molar-refractivity contribution in [3.63, 3.8) is 0 Å². The molecule has 1 aliphatic rings. The largest absolute Gasteiger partial charge is 0.490 e. The smallest absolute Gasteiger partial charge is 0.191 e. The minimum atomic E-state index is 0.0911. The molecule has 1 aliphatic heterocycles. The summed E-state index contributed by atoms with van der Waals surface area (Å²) in [5.74, 6) is 2.35. The van der Waals surface area contributed by atoms with Crippen LogP contribution < -0.4 is 20.1 Å². The van der Waals surface area contributed by atoms with Gasteiger partial charge in [-0.25, -0.2) is 0 Å². The van der Waals surface area contributed by atoms with Crippen LogP contribution in [0.5, 0.6) is 11.5 Å². The second kappa shape index (κ2) is 11.5. The van der Waals surface area contributed by atoms with Crippen molar-refractivity contribution in [3.8, 4) is 11.5 Å². The fraction of sp³-hybridized carbons (Fsp3) is 0.571. The summed E-state index contributed by atoms with van der Waals surface area (Å²) in [6.07, 6.45) is 4.21. The maximum atomic E-state index is 5.73. The molecule has 150 valence electrons. The maximum absolute atomic E-state index is 5.73. The number of nitrogens with zero attached hydrogens (tertiary/aromatic N) is 1. The van der Waals surface area contributed by atoms with Gasteiger partial charge in [-0.2, -0.15) is 0 Å². The summed E-state index contributed by atoms with van der Waals surface area (Å²) in [4.78, 5) is 4.34. The van der Waals surface area contributed by atoms with Crippen LogP contribution in [0.1, 0.15) is 45.2 Å². The van der Waals surface area contributed by atoms with Crippen molar-refractivity contribution in [2.24, 2.45) is 4.99 Å². The van der Waals surface area contributed by atoms with Gasteiger partial charge in [0.15, 0.2) is 17.5 Å². The quantitative estimate of drug-likeness (QED) is 0.393. The van der Waals surface area contributed by atoms with Crippen LogP contribution in [0, 0.1) is 0 Å². The van der Waals surface area contributed by atoms with Crippen LogP contribution in [0.25, 0.3) is 0 Å². The Hall–Kier alpha value is -2.21. The zero-order valence-electron chi connectivity index (χ0n) is 17.0. The topological polar surface area (TPSA) is 64.1 Å². The summed E-state index contributed by atoms with van der Waals surface area (Å²) < 4.78 is 16.7. The average molecular weight is 376 g/mol. The zero-order valence-corrected chi connectivity index (χ0v) is 17.0. The van der Waals surface area contributed by atoms with Crippen LogP contribution in [-0.4, -0.2) is 46.0 Å². The number of aliphatic imine (C=N–C) groups is 1. The third-order valence-corrected chi connectivity index (χ3v) is 4.44. The van der Waals surface area contributed by atoms with Gasteiger partial charge in [-0.15, -0.1) is 0 Å². The van der Waals surface area contributed by atoms with Crippen molar-refractivity contribution in [3.05, 3.63) is 35.4 Å². The summed E-state index contributed by atoms with van der Waals surface area (Å²) in [6, 6.07) is 6.15. The molecule has 1 heterocycles. The molecule has 0 bridgehead atoms. The first-order valence-electron chi connectivity index (χ1n) is 9.80. The Bertz CT molecular complexity index is 644. The van der Waals surface area contributed by atoms with E-state index >= 15 is 0 Å². The molecule has 27 heavy (non-hydrogen) atoms. The fourth-order valence-corrected chi connectivity index (χ4v) is 2.95. The number of hydrogen-bond acceptors (Lipinski definition) is 4. The molecule has 6 heteroatoms. The number of guanidine groups is 1. The Morgan fingerprint density at radius 1 is 1.22 bits per heavy atom. The number of nitrogens with one attached hydrogen (secondary N) is 2. The van der Waals surface area contributed by atoms with E-state index in [2.05, 4.69) is 34.7 Å². The Labute approximate surface area is 163 Å². The molecule has 6 nitrogen and oxygen atoms in total. The van der Waals surface area contributed by atoms with Gasteiger partial charge in [0.25, 0.3) is 0 Å². The van der Waals surface area contributed by atoms with E-state index < -0.39 is 0 Å². The number of hydrogen-bond donors (Lipinski definition) is 2. The van der Waals surface area contributed by atoms with Crippen LogP contribution in [0.3, 0.4) is 0 Å². The van der Waals surface area contributed by atoms with E-state index in [4.69, 9.17) is 14.2 Å². The van der Waals surface area contributed by atoms with Crippen molar-refractivity contribution < 1.29 is 14.2 Å². The first kappa shape index (κ1) is 21.1. The van der Waals surface area contributed by atoms with Crippen LogP contribution in [0.4, 0.5) is 0 Å². The minimum Gasteiger partial charge on any atom is -0.490 e. The van der Waals surface area contributed by atoms with Gasteiger partial charge in [-0.1, -0.05) is 17.7 Å². The zero-order chi connectivity index (χ0) is 19.5. The molecule has 0 aliphatic carbocycles. The molecule has 0 saturated carbocycles. The van der Waals surface area contributed by atoms with Crippen molar-refractivity contribution in [1.29, 1.82) is 0 Å². The Balaban J connectivity index is 1.92. The predicted octanol–water partition coefficient (Wildman–Crippen LogP) is 3.45. The normalized spacial score (nSPS) is 15.7. The van der Waals surface area contributed by atoms with Crippen LogP contribution in [-0.2, 0) is 4.74 Å². The SMILES string of the molecule is CCOc1ccc(C(C)NC(=NC)NCCC2=CCOCC2)cc1OCC. The average Bonchev–Trinajstić information content (AvgIpc) is 2.69. The lowest BCUT2D eigenvalue weighted by atomic mass is 10.1. The first-order valence-corrected chi connectivity index (χ1v) is 9.80. The molecule has 1 atom stereocenters. The number of rotatable bonds is 9. The highest BCUT2D eigenvalue weighted by Gasteiger charge is 2.12. The molecule has 0 amide bonds. The molecule has 0 spiro atoms. The summed E-state index contributed by atoms with van der Waals surface area (Å²) in [5, 5.41) is 6.83. The van der Waals surface area contributed by atoms with Crippen LogP contribution in [0.2, 0.25) is 0 Å². The molecule has 1 aromatic carbocycles. The van der Waals surface area contributed by atoms with E-state index in [0.717, 1.165) is 55.6 Å². The van der Waals surface area contributed by atoms with E-state index in [1.54, 1.807) is 7.05 Å². The predicted molar refractivity (Wildman–Crippen MR) is 110 cm³/mol. The second-order valence-corrected chi connectivity index (χ2v) is 6.37. The van der Waals surface area contributed by atoms with Crippen molar-refractivity contribution in [1.82, 2.24) is 10.6 Å². The first-order chi connectivity index (χ1) is 13.2. The molecule has 1 aromatic rings. The van der Waals surface area contributed by atoms with Crippen molar-refractivity contribution >= 4 is 5.96 Å². The van der Waals surface area contributed by atoms with E-state index in [-0.39, 0.29) is 6.04 Å². The monoisotopic (exact) mass is 375 g/mol. The van der Waals surface area contributed by atoms with Gasteiger partial charge in [0.2, 0.25) is 0 Å². The van der Waals surface area contributed by atoms with Gasteiger partial charge in [0, 0.05) is 13.6 Å². The second-order valence-electron chi connectivity index (χ2n) is 6.37. The summed E-state index contributed by atoms with van der Waals surface area (Å²) in [6.45, 7) is 9.70.